The molecule has 1 aliphatic rings. The number of para-hydroxylation sites is 1. The molecule has 0 saturated heterocycles. The summed E-state index contributed by atoms with van der Waals surface area (Å²) in [4.78, 5) is 11.2. The standard InChI is InChI=1S/C14H18N4/c15-8-9-18(11-4-3-5-11)14-12-6-1-2-7-13(12)16-10-17-14/h1-2,6-7,10-11H,3-5,8-9,15H2. The van der Waals surface area contributed by atoms with E-state index in [4.69, 9.17) is 5.73 Å². The molecular weight excluding hydrogens is 224 g/mol. The topological polar surface area (TPSA) is 55.0 Å². The van der Waals surface area contributed by atoms with Crippen LogP contribution < -0.4 is 10.6 Å². The van der Waals surface area contributed by atoms with Crippen LogP contribution >= 0.6 is 0 Å². The first-order chi connectivity index (χ1) is 8.90. The normalized spacial score (nSPS) is 15.6. The lowest BCUT2D eigenvalue weighted by molar-refractivity contribution is 0.386. The molecule has 4 nitrogen and oxygen atoms in total. The second kappa shape index (κ2) is 4.90. The van der Waals surface area contributed by atoms with E-state index in [1.54, 1.807) is 6.33 Å². The molecule has 2 aromatic rings. The summed E-state index contributed by atoms with van der Waals surface area (Å²) in [5.41, 5.74) is 6.75. The average Bonchev–Trinajstić information content (AvgIpc) is 2.35. The van der Waals surface area contributed by atoms with E-state index in [0.29, 0.717) is 12.6 Å². The summed E-state index contributed by atoms with van der Waals surface area (Å²) in [5, 5.41) is 1.13. The van der Waals surface area contributed by atoms with Gasteiger partial charge in [0.1, 0.15) is 12.1 Å². The number of rotatable bonds is 4. The number of anilines is 1. The molecule has 1 saturated carbocycles. The highest BCUT2D eigenvalue weighted by molar-refractivity contribution is 5.89. The lowest BCUT2D eigenvalue weighted by Gasteiger charge is -2.38. The van der Waals surface area contributed by atoms with Crippen LogP contribution in [0.15, 0.2) is 30.6 Å². The third-order valence-corrected chi connectivity index (χ3v) is 3.68. The van der Waals surface area contributed by atoms with Gasteiger partial charge in [-0.3, -0.25) is 0 Å². The summed E-state index contributed by atoms with van der Waals surface area (Å²) < 4.78 is 0. The molecule has 0 atom stereocenters. The van der Waals surface area contributed by atoms with Crippen molar-refractivity contribution in [2.45, 2.75) is 25.3 Å². The van der Waals surface area contributed by atoms with Crippen LogP contribution in [0.2, 0.25) is 0 Å². The first-order valence-electron chi connectivity index (χ1n) is 6.56. The highest BCUT2D eigenvalue weighted by Gasteiger charge is 2.26. The molecule has 1 fully saturated rings. The molecule has 94 valence electrons. The van der Waals surface area contributed by atoms with Crippen molar-refractivity contribution in [1.82, 2.24) is 9.97 Å². The van der Waals surface area contributed by atoms with E-state index in [-0.39, 0.29) is 0 Å². The van der Waals surface area contributed by atoms with Gasteiger partial charge in [0.25, 0.3) is 0 Å². The maximum absolute atomic E-state index is 5.74. The minimum absolute atomic E-state index is 0.604. The minimum atomic E-state index is 0.604. The molecule has 2 N–H and O–H groups in total. The van der Waals surface area contributed by atoms with Gasteiger partial charge in [-0.25, -0.2) is 9.97 Å². The fraction of sp³-hybridized carbons (Fsp3) is 0.429. The van der Waals surface area contributed by atoms with Crippen molar-refractivity contribution in [3.8, 4) is 0 Å². The molecule has 18 heavy (non-hydrogen) atoms. The van der Waals surface area contributed by atoms with E-state index >= 15 is 0 Å². The largest absolute Gasteiger partial charge is 0.352 e. The zero-order chi connectivity index (χ0) is 12.4. The number of nitrogens with zero attached hydrogens (tertiary/aromatic N) is 3. The first-order valence-corrected chi connectivity index (χ1v) is 6.56. The second-order valence-corrected chi connectivity index (χ2v) is 4.78. The maximum atomic E-state index is 5.74. The monoisotopic (exact) mass is 242 g/mol. The molecule has 0 radical (unpaired) electrons. The Bertz CT molecular complexity index is 531. The van der Waals surface area contributed by atoms with Crippen molar-refractivity contribution in [2.75, 3.05) is 18.0 Å². The zero-order valence-corrected chi connectivity index (χ0v) is 10.4. The van der Waals surface area contributed by atoms with E-state index in [2.05, 4.69) is 20.9 Å². The van der Waals surface area contributed by atoms with Gasteiger partial charge in [-0.1, -0.05) is 12.1 Å². The third-order valence-electron chi connectivity index (χ3n) is 3.68. The molecule has 3 rings (SSSR count). The number of aromatic nitrogens is 2. The Morgan fingerprint density at radius 1 is 1.22 bits per heavy atom. The molecule has 4 heteroatoms. The Kier molecular flexibility index (Phi) is 3.11. The lowest BCUT2D eigenvalue weighted by atomic mass is 9.91. The smallest absolute Gasteiger partial charge is 0.140 e. The average molecular weight is 242 g/mol. The molecule has 1 aromatic heterocycles. The van der Waals surface area contributed by atoms with Crippen molar-refractivity contribution in [1.29, 1.82) is 0 Å². The van der Waals surface area contributed by atoms with Gasteiger partial charge >= 0.3 is 0 Å². The lowest BCUT2D eigenvalue weighted by Crippen LogP contribution is -2.43. The Labute approximate surface area is 107 Å². The number of fused-ring (bicyclic) bond motifs is 1. The van der Waals surface area contributed by atoms with Crippen LogP contribution in [0.1, 0.15) is 19.3 Å². The third kappa shape index (κ3) is 1.93. The Hall–Kier alpha value is -1.68. The summed E-state index contributed by atoms with van der Waals surface area (Å²) in [6.45, 7) is 1.53. The summed E-state index contributed by atoms with van der Waals surface area (Å²) in [6, 6.07) is 8.77. The van der Waals surface area contributed by atoms with Gasteiger partial charge in [-0.15, -0.1) is 0 Å². The molecule has 0 spiro atoms. The van der Waals surface area contributed by atoms with Crippen molar-refractivity contribution in [3.63, 3.8) is 0 Å². The Morgan fingerprint density at radius 3 is 2.78 bits per heavy atom. The molecule has 1 heterocycles. The number of benzene rings is 1. The molecular formula is C14H18N4. The van der Waals surface area contributed by atoms with Gasteiger partial charge in [-0.2, -0.15) is 0 Å². The van der Waals surface area contributed by atoms with Crippen LogP contribution in [0.4, 0.5) is 5.82 Å². The predicted molar refractivity (Wildman–Crippen MR) is 73.6 cm³/mol. The molecule has 0 amide bonds. The van der Waals surface area contributed by atoms with Gasteiger partial charge in [0.05, 0.1) is 5.52 Å². The van der Waals surface area contributed by atoms with Gasteiger partial charge in [0, 0.05) is 24.5 Å². The fourth-order valence-corrected chi connectivity index (χ4v) is 2.52. The minimum Gasteiger partial charge on any atom is -0.352 e. The Balaban J connectivity index is 2.04. The molecule has 0 aliphatic heterocycles. The molecule has 1 aromatic carbocycles. The molecule has 1 aliphatic carbocycles. The van der Waals surface area contributed by atoms with Crippen molar-refractivity contribution in [3.05, 3.63) is 30.6 Å². The van der Waals surface area contributed by atoms with Crippen LogP contribution in [-0.4, -0.2) is 29.1 Å². The molecule has 0 unspecified atom stereocenters. The number of hydrogen-bond acceptors (Lipinski definition) is 4. The SMILES string of the molecule is NCCN(c1ncnc2ccccc12)C1CCC1. The van der Waals surface area contributed by atoms with Crippen LogP contribution in [0.5, 0.6) is 0 Å². The second-order valence-electron chi connectivity index (χ2n) is 4.78. The summed E-state index contributed by atoms with van der Waals surface area (Å²) in [5.74, 6) is 1.04. The number of nitrogens with two attached hydrogens (primary N) is 1. The van der Waals surface area contributed by atoms with Gasteiger partial charge in [0.2, 0.25) is 0 Å². The van der Waals surface area contributed by atoms with Gasteiger partial charge < -0.3 is 10.6 Å². The highest BCUT2D eigenvalue weighted by Crippen LogP contribution is 2.31. The maximum Gasteiger partial charge on any atom is 0.140 e. The van der Waals surface area contributed by atoms with E-state index < -0.39 is 0 Å². The summed E-state index contributed by atoms with van der Waals surface area (Å²) in [7, 11) is 0. The van der Waals surface area contributed by atoms with E-state index in [1.807, 2.05) is 18.2 Å². The van der Waals surface area contributed by atoms with E-state index in [1.165, 1.54) is 19.3 Å². The van der Waals surface area contributed by atoms with E-state index in [9.17, 15) is 0 Å². The Morgan fingerprint density at radius 2 is 2.06 bits per heavy atom. The van der Waals surface area contributed by atoms with Gasteiger partial charge in [-0.05, 0) is 31.4 Å². The summed E-state index contributed by atoms with van der Waals surface area (Å²) in [6.07, 6.45) is 5.46. The predicted octanol–water partition coefficient (Wildman–Crippen LogP) is 1.95. The highest BCUT2D eigenvalue weighted by atomic mass is 15.2. The van der Waals surface area contributed by atoms with Gasteiger partial charge in [0.15, 0.2) is 0 Å². The first kappa shape index (κ1) is 11.4. The fourth-order valence-electron chi connectivity index (χ4n) is 2.52. The van der Waals surface area contributed by atoms with E-state index in [0.717, 1.165) is 23.3 Å². The quantitative estimate of drug-likeness (QED) is 0.890. The van der Waals surface area contributed by atoms with Crippen molar-refractivity contribution < 1.29 is 0 Å². The van der Waals surface area contributed by atoms with Crippen LogP contribution in [0.25, 0.3) is 10.9 Å². The van der Waals surface area contributed by atoms with Crippen LogP contribution in [-0.2, 0) is 0 Å². The number of hydrogen-bond donors (Lipinski definition) is 1. The summed E-state index contributed by atoms with van der Waals surface area (Å²) >= 11 is 0. The zero-order valence-electron chi connectivity index (χ0n) is 10.4. The van der Waals surface area contributed by atoms with Crippen LogP contribution in [0, 0.1) is 0 Å². The van der Waals surface area contributed by atoms with Crippen molar-refractivity contribution >= 4 is 16.7 Å². The van der Waals surface area contributed by atoms with Crippen molar-refractivity contribution in [2.24, 2.45) is 5.73 Å². The van der Waals surface area contributed by atoms with Crippen LogP contribution in [0.3, 0.4) is 0 Å². The molecule has 0 bridgehead atoms.